The number of ketones is 1. The molecule has 0 aliphatic carbocycles. The van der Waals surface area contributed by atoms with Gasteiger partial charge in [-0.15, -0.1) is 0 Å². The fraction of sp³-hybridized carbons (Fsp3) is 0.391. The van der Waals surface area contributed by atoms with E-state index in [9.17, 15) is 14.7 Å². The van der Waals surface area contributed by atoms with Crippen molar-refractivity contribution in [3.8, 4) is 17.2 Å². The van der Waals surface area contributed by atoms with Crippen molar-refractivity contribution >= 4 is 11.7 Å². The van der Waals surface area contributed by atoms with Crippen LogP contribution in [0, 0.1) is 0 Å². The summed E-state index contributed by atoms with van der Waals surface area (Å²) in [5.74, 6) is 1.24. The van der Waals surface area contributed by atoms with E-state index in [1.54, 1.807) is 37.3 Å². The Balaban J connectivity index is 1.76. The first-order chi connectivity index (χ1) is 14.3. The maximum absolute atomic E-state index is 13.0. The Bertz CT molecular complexity index is 926. The predicted molar refractivity (Wildman–Crippen MR) is 111 cm³/mol. The molecule has 1 aliphatic heterocycles. The number of rotatable bonds is 8. The Morgan fingerprint density at radius 1 is 1.17 bits per heavy atom. The Hall–Kier alpha value is -2.90. The second kappa shape index (κ2) is 8.85. The molecule has 0 bridgehead atoms. The maximum atomic E-state index is 13.0. The molecule has 7 heteroatoms. The van der Waals surface area contributed by atoms with Gasteiger partial charge in [0, 0.05) is 18.2 Å². The SMILES string of the molecule is COc1cc(Oc2ccc([C@]3(C)CCN([C@H](C)C(=O)CO)C3=O)cc2)ccc1CO. The van der Waals surface area contributed by atoms with Gasteiger partial charge in [-0.25, -0.2) is 0 Å². The summed E-state index contributed by atoms with van der Waals surface area (Å²) in [6.07, 6.45) is 0.592. The molecule has 0 saturated carbocycles. The lowest BCUT2D eigenvalue weighted by molar-refractivity contribution is -0.139. The van der Waals surface area contributed by atoms with Gasteiger partial charge < -0.3 is 24.6 Å². The van der Waals surface area contributed by atoms with Gasteiger partial charge in [0.25, 0.3) is 0 Å². The fourth-order valence-electron chi connectivity index (χ4n) is 3.76. The number of aliphatic hydroxyl groups excluding tert-OH is 2. The highest BCUT2D eigenvalue weighted by Crippen LogP contribution is 2.38. The first-order valence-electron chi connectivity index (χ1n) is 9.85. The van der Waals surface area contributed by atoms with Gasteiger partial charge in [0.15, 0.2) is 5.78 Å². The molecular formula is C23H27NO6. The van der Waals surface area contributed by atoms with Crippen molar-refractivity contribution < 1.29 is 29.3 Å². The van der Waals surface area contributed by atoms with Crippen molar-refractivity contribution in [2.24, 2.45) is 0 Å². The number of ether oxygens (including phenoxy) is 2. The first kappa shape index (κ1) is 21.8. The van der Waals surface area contributed by atoms with E-state index in [4.69, 9.17) is 14.6 Å². The number of likely N-dealkylation sites (tertiary alicyclic amines) is 1. The van der Waals surface area contributed by atoms with Gasteiger partial charge in [-0.3, -0.25) is 9.59 Å². The number of amides is 1. The quantitative estimate of drug-likeness (QED) is 0.690. The molecule has 3 rings (SSSR count). The van der Waals surface area contributed by atoms with Gasteiger partial charge >= 0.3 is 0 Å². The fourth-order valence-corrected chi connectivity index (χ4v) is 3.76. The molecule has 0 unspecified atom stereocenters. The summed E-state index contributed by atoms with van der Waals surface area (Å²) in [7, 11) is 1.53. The Morgan fingerprint density at radius 3 is 2.43 bits per heavy atom. The summed E-state index contributed by atoms with van der Waals surface area (Å²) in [4.78, 5) is 26.4. The Labute approximate surface area is 175 Å². The van der Waals surface area contributed by atoms with Gasteiger partial charge in [0.2, 0.25) is 5.91 Å². The molecular weight excluding hydrogens is 386 g/mol. The first-order valence-corrected chi connectivity index (χ1v) is 9.85. The van der Waals surface area contributed by atoms with E-state index in [2.05, 4.69) is 0 Å². The van der Waals surface area contributed by atoms with E-state index < -0.39 is 18.1 Å². The molecule has 0 radical (unpaired) electrons. The van der Waals surface area contributed by atoms with E-state index in [0.717, 1.165) is 5.56 Å². The van der Waals surface area contributed by atoms with Crippen LogP contribution in [0.15, 0.2) is 42.5 Å². The Morgan fingerprint density at radius 2 is 1.83 bits per heavy atom. The highest BCUT2D eigenvalue weighted by atomic mass is 16.5. The zero-order chi connectivity index (χ0) is 21.9. The number of hydrogen-bond donors (Lipinski definition) is 2. The highest BCUT2D eigenvalue weighted by Gasteiger charge is 2.46. The van der Waals surface area contributed by atoms with Crippen molar-refractivity contribution in [1.82, 2.24) is 4.90 Å². The number of Topliss-reactive ketones (excluding diaryl/α,β-unsaturated/α-hetero) is 1. The molecule has 0 spiro atoms. The molecule has 1 saturated heterocycles. The van der Waals surface area contributed by atoms with Crippen LogP contribution in [-0.2, 0) is 21.6 Å². The average Bonchev–Trinajstić information content (AvgIpc) is 3.08. The summed E-state index contributed by atoms with van der Waals surface area (Å²) in [6.45, 7) is 3.30. The molecule has 1 fully saturated rings. The Kier molecular flexibility index (Phi) is 6.43. The minimum atomic E-state index is -0.728. The number of carbonyl (C=O) groups is 2. The number of carbonyl (C=O) groups excluding carboxylic acids is 2. The predicted octanol–water partition coefficient (Wildman–Crippen LogP) is 2.42. The second-order valence-corrected chi connectivity index (χ2v) is 7.64. The van der Waals surface area contributed by atoms with Crippen LogP contribution in [0.4, 0.5) is 0 Å². The lowest BCUT2D eigenvalue weighted by Gasteiger charge is -2.27. The van der Waals surface area contributed by atoms with E-state index >= 15 is 0 Å². The van der Waals surface area contributed by atoms with E-state index in [1.165, 1.54) is 12.0 Å². The summed E-state index contributed by atoms with van der Waals surface area (Å²) in [6, 6.07) is 11.9. The molecule has 30 heavy (non-hydrogen) atoms. The van der Waals surface area contributed by atoms with Crippen molar-refractivity contribution in [1.29, 1.82) is 0 Å². The monoisotopic (exact) mass is 413 g/mol. The minimum absolute atomic E-state index is 0.116. The van der Waals surface area contributed by atoms with Crippen LogP contribution in [-0.4, -0.2) is 53.1 Å². The summed E-state index contributed by atoms with van der Waals surface area (Å²) in [5, 5.41) is 18.4. The number of nitrogens with zero attached hydrogens (tertiary/aromatic N) is 1. The van der Waals surface area contributed by atoms with E-state index in [-0.39, 0.29) is 18.3 Å². The largest absolute Gasteiger partial charge is 0.496 e. The number of methoxy groups -OCH3 is 1. The van der Waals surface area contributed by atoms with E-state index in [1.807, 2.05) is 19.1 Å². The molecule has 2 aromatic rings. The highest BCUT2D eigenvalue weighted by molar-refractivity contribution is 5.95. The van der Waals surface area contributed by atoms with Crippen LogP contribution in [0.25, 0.3) is 0 Å². The van der Waals surface area contributed by atoms with Crippen LogP contribution < -0.4 is 9.47 Å². The lowest BCUT2D eigenvalue weighted by atomic mass is 9.81. The third-order valence-electron chi connectivity index (χ3n) is 5.83. The third kappa shape index (κ3) is 4.04. The molecule has 160 valence electrons. The lowest BCUT2D eigenvalue weighted by Crippen LogP contribution is -2.44. The van der Waals surface area contributed by atoms with Crippen LogP contribution in [0.1, 0.15) is 31.4 Å². The van der Waals surface area contributed by atoms with Crippen LogP contribution in [0.3, 0.4) is 0 Å². The van der Waals surface area contributed by atoms with Gasteiger partial charge in [0.05, 0.1) is 25.2 Å². The maximum Gasteiger partial charge on any atom is 0.233 e. The van der Waals surface area contributed by atoms with Crippen LogP contribution >= 0.6 is 0 Å². The van der Waals surface area contributed by atoms with Gasteiger partial charge in [0.1, 0.15) is 23.9 Å². The smallest absolute Gasteiger partial charge is 0.233 e. The normalized spacial score (nSPS) is 19.6. The molecule has 2 aromatic carbocycles. The van der Waals surface area contributed by atoms with E-state index in [0.29, 0.717) is 35.8 Å². The molecule has 0 aromatic heterocycles. The van der Waals surface area contributed by atoms with Crippen LogP contribution in [0.2, 0.25) is 0 Å². The van der Waals surface area contributed by atoms with Crippen molar-refractivity contribution in [2.75, 3.05) is 20.3 Å². The summed E-state index contributed by atoms with van der Waals surface area (Å²) in [5.41, 5.74) is 0.791. The zero-order valence-corrected chi connectivity index (χ0v) is 17.4. The summed E-state index contributed by atoms with van der Waals surface area (Å²) < 4.78 is 11.1. The number of hydrogen-bond acceptors (Lipinski definition) is 6. The van der Waals surface area contributed by atoms with Gasteiger partial charge in [-0.05, 0) is 50.1 Å². The number of aliphatic hydroxyl groups is 2. The molecule has 1 aliphatic rings. The van der Waals surface area contributed by atoms with Gasteiger partial charge in [-0.1, -0.05) is 12.1 Å². The van der Waals surface area contributed by atoms with Crippen molar-refractivity contribution in [3.05, 3.63) is 53.6 Å². The molecule has 2 N–H and O–H groups in total. The topological polar surface area (TPSA) is 96.3 Å². The standard InChI is InChI=1S/C23H27NO6/c1-15(20(27)14-26)24-11-10-23(2,22(24)28)17-5-8-18(9-6-17)30-19-7-4-16(13-25)21(12-19)29-3/h4-9,12,15,25-26H,10-11,13-14H2,1-3H3/t15-,23+/m1/s1. The van der Waals surface area contributed by atoms with Crippen molar-refractivity contribution in [2.45, 2.75) is 38.3 Å². The van der Waals surface area contributed by atoms with Crippen LogP contribution in [0.5, 0.6) is 17.2 Å². The number of benzene rings is 2. The molecule has 1 heterocycles. The minimum Gasteiger partial charge on any atom is -0.496 e. The third-order valence-corrected chi connectivity index (χ3v) is 5.83. The molecule has 2 atom stereocenters. The summed E-state index contributed by atoms with van der Waals surface area (Å²) >= 11 is 0. The van der Waals surface area contributed by atoms with Gasteiger partial charge in [-0.2, -0.15) is 0 Å². The molecule has 7 nitrogen and oxygen atoms in total. The van der Waals surface area contributed by atoms with Crippen molar-refractivity contribution in [3.63, 3.8) is 0 Å². The second-order valence-electron chi connectivity index (χ2n) is 7.64. The average molecular weight is 413 g/mol. The zero-order valence-electron chi connectivity index (χ0n) is 17.4. The molecule has 1 amide bonds.